The van der Waals surface area contributed by atoms with Gasteiger partial charge in [-0.1, -0.05) is 30.6 Å². The number of aliphatic carboxylic acids is 1. The average Bonchev–Trinajstić information content (AvgIpc) is 2.42. The first kappa shape index (κ1) is 16.0. The van der Waals surface area contributed by atoms with Crippen LogP contribution in [0, 0.1) is 5.92 Å². The first-order valence-corrected chi connectivity index (χ1v) is 6.71. The van der Waals surface area contributed by atoms with Crippen molar-refractivity contribution in [1.82, 2.24) is 0 Å². The highest BCUT2D eigenvalue weighted by Crippen LogP contribution is 2.15. The SMILES string of the molecule is CCCCON=C(C)C(Cc1ccc(O)cc1)C(=O)O. The molecule has 0 aromatic heterocycles. The van der Waals surface area contributed by atoms with Crippen LogP contribution < -0.4 is 0 Å². The summed E-state index contributed by atoms with van der Waals surface area (Å²) in [5.74, 6) is -1.49. The molecule has 0 saturated carbocycles. The maximum atomic E-state index is 11.3. The minimum absolute atomic E-state index is 0.161. The molecule has 0 aliphatic carbocycles. The lowest BCUT2D eigenvalue weighted by atomic mass is 9.95. The number of nitrogens with zero attached hydrogens (tertiary/aromatic N) is 1. The van der Waals surface area contributed by atoms with Gasteiger partial charge in [0.15, 0.2) is 0 Å². The van der Waals surface area contributed by atoms with Gasteiger partial charge in [-0.2, -0.15) is 0 Å². The van der Waals surface area contributed by atoms with Crippen LogP contribution in [0.25, 0.3) is 0 Å². The molecule has 0 aliphatic rings. The third kappa shape index (κ3) is 5.30. The van der Waals surface area contributed by atoms with Crippen LogP contribution in [0.5, 0.6) is 5.75 Å². The van der Waals surface area contributed by atoms with Gasteiger partial charge in [0.2, 0.25) is 0 Å². The Kier molecular flexibility index (Phi) is 6.56. The number of benzene rings is 1. The Balaban J connectivity index is 2.68. The van der Waals surface area contributed by atoms with Gasteiger partial charge in [-0.15, -0.1) is 0 Å². The molecule has 110 valence electrons. The van der Waals surface area contributed by atoms with E-state index in [1.807, 2.05) is 6.92 Å². The summed E-state index contributed by atoms with van der Waals surface area (Å²) in [4.78, 5) is 16.4. The molecule has 1 unspecified atom stereocenters. The van der Waals surface area contributed by atoms with Crippen molar-refractivity contribution in [2.75, 3.05) is 6.61 Å². The molecule has 20 heavy (non-hydrogen) atoms. The highest BCUT2D eigenvalue weighted by atomic mass is 16.6. The lowest BCUT2D eigenvalue weighted by molar-refractivity contribution is -0.139. The van der Waals surface area contributed by atoms with Crippen molar-refractivity contribution < 1.29 is 19.8 Å². The number of hydrogen-bond donors (Lipinski definition) is 2. The van der Waals surface area contributed by atoms with Gasteiger partial charge in [-0.05, 0) is 37.5 Å². The zero-order valence-electron chi connectivity index (χ0n) is 11.9. The largest absolute Gasteiger partial charge is 0.508 e. The summed E-state index contributed by atoms with van der Waals surface area (Å²) in [6.45, 7) is 4.20. The van der Waals surface area contributed by atoms with E-state index in [1.54, 1.807) is 31.2 Å². The van der Waals surface area contributed by atoms with Gasteiger partial charge in [-0.25, -0.2) is 0 Å². The molecule has 1 aromatic carbocycles. The molecule has 0 radical (unpaired) electrons. The molecular weight excluding hydrogens is 258 g/mol. The summed E-state index contributed by atoms with van der Waals surface area (Å²) >= 11 is 0. The molecule has 0 amide bonds. The smallest absolute Gasteiger partial charge is 0.312 e. The predicted octanol–water partition coefficient (Wildman–Crippen LogP) is 2.83. The second-order valence-corrected chi connectivity index (χ2v) is 4.68. The standard InChI is InChI=1S/C15H21NO4/c1-3-4-9-20-16-11(2)14(15(18)19)10-12-5-7-13(17)8-6-12/h5-8,14,17H,3-4,9-10H2,1-2H3,(H,18,19). The molecule has 0 saturated heterocycles. The van der Waals surface area contributed by atoms with Crippen molar-refractivity contribution in [2.45, 2.75) is 33.1 Å². The van der Waals surface area contributed by atoms with Gasteiger partial charge < -0.3 is 15.1 Å². The van der Waals surface area contributed by atoms with Gasteiger partial charge in [0, 0.05) is 0 Å². The molecule has 0 bridgehead atoms. The lowest BCUT2D eigenvalue weighted by Gasteiger charge is -2.12. The van der Waals surface area contributed by atoms with Gasteiger partial charge in [-0.3, -0.25) is 4.79 Å². The van der Waals surface area contributed by atoms with Crippen molar-refractivity contribution in [3.63, 3.8) is 0 Å². The van der Waals surface area contributed by atoms with E-state index in [9.17, 15) is 15.0 Å². The van der Waals surface area contributed by atoms with Crippen LogP contribution in [0.2, 0.25) is 0 Å². The summed E-state index contributed by atoms with van der Waals surface area (Å²) in [6.07, 6.45) is 2.22. The van der Waals surface area contributed by atoms with Crippen molar-refractivity contribution in [3.05, 3.63) is 29.8 Å². The Morgan fingerprint density at radius 3 is 2.55 bits per heavy atom. The molecule has 5 heteroatoms. The normalized spacial score (nSPS) is 13.0. The molecular formula is C15H21NO4. The van der Waals surface area contributed by atoms with Gasteiger partial charge in [0.05, 0.1) is 5.71 Å². The van der Waals surface area contributed by atoms with E-state index >= 15 is 0 Å². The molecule has 0 heterocycles. The first-order valence-electron chi connectivity index (χ1n) is 6.71. The molecule has 0 fully saturated rings. The van der Waals surface area contributed by atoms with Gasteiger partial charge >= 0.3 is 5.97 Å². The van der Waals surface area contributed by atoms with Crippen LogP contribution >= 0.6 is 0 Å². The van der Waals surface area contributed by atoms with Gasteiger partial charge in [0.1, 0.15) is 18.3 Å². The van der Waals surface area contributed by atoms with E-state index in [-0.39, 0.29) is 5.75 Å². The Bertz CT molecular complexity index is 453. The zero-order chi connectivity index (χ0) is 15.0. The molecule has 1 atom stereocenters. The second kappa shape index (κ2) is 8.19. The van der Waals surface area contributed by atoms with Crippen molar-refractivity contribution in [2.24, 2.45) is 11.1 Å². The summed E-state index contributed by atoms with van der Waals surface area (Å²) in [7, 11) is 0. The van der Waals surface area contributed by atoms with Crippen molar-refractivity contribution >= 4 is 11.7 Å². The van der Waals surface area contributed by atoms with E-state index in [1.165, 1.54) is 0 Å². The van der Waals surface area contributed by atoms with Crippen LogP contribution in [-0.4, -0.2) is 28.5 Å². The molecule has 2 N–H and O–H groups in total. The van der Waals surface area contributed by atoms with E-state index in [2.05, 4.69) is 5.16 Å². The predicted molar refractivity (Wildman–Crippen MR) is 76.9 cm³/mol. The summed E-state index contributed by atoms with van der Waals surface area (Å²) in [5, 5.41) is 22.4. The minimum Gasteiger partial charge on any atom is -0.508 e. The van der Waals surface area contributed by atoms with Gasteiger partial charge in [0.25, 0.3) is 0 Å². The zero-order valence-corrected chi connectivity index (χ0v) is 11.9. The molecule has 0 spiro atoms. The Morgan fingerprint density at radius 1 is 1.35 bits per heavy atom. The van der Waals surface area contributed by atoms with E-state index in [0.717, 1.165) is 18.4 Å². The number of carboxylic acid groups (broad SMARTS) is 1. The third-order valence-electron chi connectivity index (χ3n) is 2.98. The molecule has 1 aromatic rings. The minimum atomic E-state index is -0.932. The maximum absolute atomic E-state index is 11.3. The number of carbonyl (C=O) groups is 1. The van der Waals surface area contributed by atoms with E-state index < -0.39 is 11.9 Å². The van der Waals surface area contributed by atoms with E-state index in [0.29, 0.717) is 18.7 Å². The van der Waals surface area contributed by atoms with Crippen molar-refractivity contribution in [1.29, 1.82) is 0 Å². The Labute approximate surface area is 118 Å². The molecule has 1 rings (SSSR count). The number of carboxylic acids is 1. The van der Waals surface area contributed by atoms with Crippen LogP contribution in [0.3, 0.4) is 0 Å². The number of hydrogen-bond acceptors (Lipinski definition) is 4. The van der Waals surface area contributed by atoms with Crippen LogP contribution in [0.15, 0.2) is 29.4 Å². The fourth-order valence-electron chi connectivity index (χ4n) is 1.70. The summed E-state index contributed by atoms with van der Waals surface area (Å²) < 4.78 is 0. The molecule has 5 nitrogen and oxygen atoms in total. The topological polar surface area (TPSA) is 79.1 Å². The van der Waals surface area contributed by atoms with Crippen LogP contribution in [0.4, 0.5) is 0 Å². The molecule has 0 aliphatic heterocycles. The number of rotatable bonds is 8. The third-order valence-corrected chi connectivity index (χ3v) is 2.98. The Morgan fingerprint density at radius 2 is 2.00 bits per heavy atom. The summed E-state index contributed by atoms with van der Waals surface area (Å²) in [6, 6.07) is 6.49. The monoisotopic (exact) mass is 279 g/mol. The number of phenols is 1. The quantitative estimate of drug-likeness (QED) is 0.435. The fourth-order valence-corrected chi connectivity index (χ4v) is 1.70. The highest BCUT2D eigenvalue weighted by molar-refractivity contribution is 6.00. The average molecular weight is 279 g/mol. The number of aromatic hydroxyl groups is 1. The van der Waals surface area contributed by atoms with Crippen LogP contribution in [-0.2, 0) is 16.1 Å². The number of phenolic OH excluding ortho intramolecular Hbond substituents is 1. The van der Waals surface area contributed by atoms with Crippen LogP contribution in [0.1, 0.15) is 32.3 Å². The number of oxime groups is 1. The summed E-state index contributed by atoms with van der Waals surface area (Å²) in [5.41, 5.74) is 1.28. The highest BCUT2D eigenvalue weighted by Gasteiger charge is 2.22. The lowest BCUT2D eigenvalue weighted by Crippen LogP contribution is -2.24. The number of unbranched alkanes of at least 4 members (excludes halogenated alkanes) is 1. The van der Waals surface area contributed by atoms with E-state index in [4.69, 9.17) is 4.84 Å². The first-order chi connectivity index (χ1) is 9.54. The Hall–Kier alpha value is -2.04. The van der Waals surface area contributed by atoms with Crippen molar-refractivity contribution in [3.8, 4) is 5.75 Å². The maximum Gasteiger partial charge on any atom is 0.312 e. The second-order valence-electron chi connectivity index (χ2n) is 4.68. The fraction of sp³-hybridized carbons (Fsp3) is 0.467.